The highest BCUT2D eigenvalue weighted by Crippen LogP contribution is 2.53. The SMILES string of the molecule is COc1ccc(S(=O)(=O)N(CC(C)C)C[C@@H](O)[C@H](Cc2ccc(NCc3cc(C(F)(F)F)ccc3-c3sc4c(c3C(=O)OC(C)CN(C[C@@H](O)[C@H](Cc3ccc(NC[C@]5(O)CCC[C@@H]5c5sc6c(c5C(=O)O)CC(C)(C)CC6)cc3)NC(=O)O[C@H]3CO[C@@]5(C)OCC[C@@H]35)S(=O)(=O)c3ccc(OC)cc3)CC(C)(C)CC4)cc2)NC(=O)O[C@H]2CO[C@@]3(C)OCC[C@@H]23)cc1. The Kier molecular flexibility index (Phi) is 28.4. The Labute approximate surface area is 748 Å². The molecule has 1 unspecified atom stereocenters. The number of sulfonamides is 2. The van der Waals surface area contributed by atoms with Crippen molar-refractivity contribution >= 4 is 78.2 Å². The average molecular weight is 1840 g/mol. The fourth-order valence-corrected chi connectivity index (χ4v) is 25.1. The molecule has 13 atom stereocenters. The van der Waals surface area contributed by atoms with E-state index >= 15 is 26.4 Å². The fourth-order valence-electron chi connectivity index (χ4n) is 19.0. The van der Waals surface area contributed by atoms with Gasteiger partial charge in [0.1, 0.15) is 29.8 Å². The van der Waals surface area contributed by atoms with E-state index < -0.39 is 141 Å². The number of alkyl carbamates (subject to hydrolysis) is 2. The van der Waals surface area contributed by atoms with Crippen molar-refractivity contribution in [3.05, 3.63) is 174 Å². The number of amides is 2. The molecule has 27 nitrogen and oxygen atoms in total. The summed E-state index contributed by atoms with van der Waals surface area (Å²) in [5, 5.41) is 60.4. The zero-order valence-corrected chi connectivity index (χ0v) is 76.7. The third kappa shape index (κ3) is 21.4. The second-order valence-electron chi connectivity index (χ2n) is 37.1. The molecule has 7 aromatic rings. The number of aliphatic hydroxyl groups is 3. The predicted molar refractivity (Wildman–Crippen MR) is 472 cm³/mol. The molecular formula is C93H117F3N6O21S4. The number of nitrogens with one attached hydrogen (secondary N) is 4. The summed E-state index contributed by atoms with van der Waals surface area (Å²) in [5.74, 6) is -4.23. The summed E-state index contributed by atoms with van der Waals surface area (Å²) in [7, 11) is -6.03. The lowest BCUT2D eigenvalue weighted by molar-refractivity contribution is -0.181. The van der Waals surface area contributed by atoms with Crippen molar-refractivity contribution in [3.63, 3.8) is 0 Å². The standard InChI is InChI=1S/C93H117F3N6O21S4/c1-54(2)47-101(126(111,112)64-27-23-62(115-10)24-28-64)49-74(103)72(99-86(108)122-76-51-119-90(8)69(76)34-39-117-90)41-56-14-19-60(20-15-56)97-46-58-43-59(93(94,95)96)18-31-66(58)82-81(68-45-89(6,7)38-33-79(68)124-82)85(107)121-55(3)48-102(127(113,114)65-29-25-63(116-11)26-30-65)50-75(104)73(100-87(109)123-77-52-120-91(9)70(77)35-40-118-91)42-57-16-21-61(22-17-57)98-53-92(110)36-12-13-71(92)83-80(84(105)106)67-44-88(4,5)37-32-78(67)125-83/h14-31,43,54-55,69-77,97-98,103-104,110H,12-13,32-42,44-53H2,1-11H3,(H,99,108)(H,100,109)(H,105,106)/t55?,69-,70-,71+,72-,73-,74+,75+,76-,77-,90+,91+,92+/m0/s1. The molecule has 2 aromatic heterocycles. The lowest BCUT2D eigenvalue weighted by atomic mass is 9.75. The van der Waals surface area contributed by atoms with Crippen molar-refractivity contribution < 1.29 is 112 Å². The summed E-state index contributed by atoms with van der Waals surface area (Å²) < 4.78 is 159. The molecule has 690 valence electrons. The third-order valence-electron chi connectivity index (χ3n) is 26.2. The molecule has 0 radical (unpaired) electrons. The van der Waals surface area contributed by atoms with Crippen molar-refractivity contribution in [3.8, 4) is 21.9 Å². The van der Waals surface area contributed by atoms with Gasteiger partial charge in [0.2, 0.25) is 20.0 Å². The summed E-state index contributed by atoms with van der Waals surface area (Å²) in [6, 6.07) is 26.1. The van der Waals surface area contributed by atoms with E-state index in [0.29, 0.717) is 126 Å². The number of hydrogen-bond acceptors (Lipinski definition) is 24. The number of aliphatic hydroxyl groups excluding tert-OH is 2. The fraction of sp³-hybridized carbons (Fsp3) is 0.548. The molecule has 6 heterocycles. The van der Waals surface area contributed by atoms with E-state index in [1.165, 1.54) is 103 Å². The number of hydrogen-bond donors (Lipinski definition) is 8. The number of nitrogens with zero attached hydrogens (tertiary/aromatic N) is 2. The van der Waals surface area contributed by atoms with Crippen LogP contribution in [0.3, 0.4) is 0 Å². The van der Waals surface area contributed by atoms with Crippen molar-refractivity contribution in [2.45, 2.75) is 234 Å². The average Bonchev–Trinajstić information content (AvgIpc) is 1.61. The van der Waals surface area contributed by atoms with Crippen LogP contribution in [-0.4, -0.2) is 203 Å². The van der Waals surface area contributed by atoms with Crippen LogP contribution in [-0.2, 0) is 104 Å². The summed E-state index contributed by atoms with van der Waals surface area (Å²) in [6.45, 7) is 16.2. The monoisotopic (exact) mass is 1840 g/mol. The van der Waals surface area contributed by atoms with Crippen LogP contribution >= 0.6 is 22.7 Å². The first kappa shape index (κ1) is 94.6. The number of aromatic carboxylic acids is 1. The van der Waals surface area contributed by atoms with Gasteiger partial charge in [0.15, 0.2) is 11.6 Å². The highest BCUT2D eigenvalue weighted by atomic mass is 32.2. The molecule has 14 rings (SSSR count). The number of alkyl halides is 3. The van der Waals surface area contributed by atoms with Gasteiger partial charge in [0, 0.05) is 69.5 Å². The van der Waals surface area contributed by atoms with Crippen LogP contribution in [0, 0.1) is 28.6 Å². The summed E-state index contributed by atoms with van der Waals surface area (Å²) in [5.41, 5.74) is 1.86. The van der Waals surface area contributed by atoms with Gasteiger partial charge in [-0.1, -0.05) is 71.9 Å². The molecule has 34 heteroatoms. The van der Waals surface area contributed by atoms with Crippen LogP contribution in [0.5, 0.6) is 11.5 Å². The molecule has 7 aliphatic rings. The first-order valence-corrected chi connectivity index (χ1v) is 48.0. The Hall–Kier alpha value is -8.49. The van der Waals surface area contributed by atoms with Crippen molar-refractivity contribution in [1.82, 2.24) is 19.2 Å². The van der Waals surface area contributed by atoms with E-state index in [1.54, 1.807) is 62.4 Å². The molecule has 5 fully saturated rings. The summed E-state index contributed by atoms with van der Waals surface area (Å²) in [4.78, 5) is 59.6. The van der Waals surface area contributed by atoms with Gasteiger partial charge in [-0.15, -0.1) is 22.7 Å². The largest absolute Gasteiger partial charge is 0.497 e. The lowest BCUT2D eigenvalue weighted by Crippen LogP contribution is -2.52. The number of fused-ring (bicyclic) bond motifs is 4. The first-order chi connectivity index (χ1) is 60.0. The maximum Gasteiger partial charge on any atom is 0.416 e. The Balaban J connectivity index is 0.713. The van der Waals surface area contributed by atoms with E-state index in [0.717, 1.165) is 44.6 Å². The number of carboxylic acids is 1. The Morgan fingerprint density at radius 2 is 1.08 bits per heavy atom. The number of esters is 1. The molecule has 0 spiro atoms. The number of thiophene rings is 2. The molecule has 3 aliphatic carbocycles. The van der Waals surface area contributed by atoms with E-state index in [1.807, 2.05) is 27.7 Å². The number of rotatable bonds is 35. The minimum atomic E-state index is -4.81. The van der Waals surface area contributed by atoms with Crippen LogP contribution in [0.2, 0.25) is 0 Å². The molecule has 2 amide bonds. The van der Waals surface area contributed by atoms with Crippen LogP contribution in [0.4, 0.5) is 34.1 Å². The number of carboxylic acid groups (broad SMARTS) is 1. The van der Waals surface area contributed by atoms with Crippen LogP contribution in [0.25, 0.3) is 10.4 Å². The minimum Gasteiger partial charge on any atom is -0.497 e. The maximum absolute atomic E-state index is 15.6. The van der Waals surface area contributed by atoms with Gasteiger partial charge in [-0.2, -0.15) is 21.8 Å². The van der Waals surface area contributed by atoms with Gasteiger partial charge in [-0.05, 0) is 239 Å². The zero-order chi connectivity index (χ0) is 91.1. The van der Waals surface area contributed by atoms with Gasteiger partial charge < -0.3 is 84.3 Å². The second kappa shape index (κ2) is 38.1. The molecular weight excluding hydrogens is 1720 g/mol. The molecule has 4 aliphatic heterocycles. The predicted octanol–water partition coefficient (Wildman–Crippen LogP) is 14.5. The van der Waals surface area contributed by atoms with E-state index in [-0.39, 0.29) is 101 Å². The number of benzene rings is 5. The number of halogens is 3. The molecule has 4 saturated heterocycles. The highest BCUT2D eigenvalue weighted by molar-refractivity contribution is 7.89. The van der Waals surface area contributed by atoms with Crippen molar-refractivity contribution in [2.75, 3.05) is 84.0 Å². The number of carbonyl (C=O) groups is 4. The number of carbonyl (C=O) groups excluding carboxylic acids is 3. The molecule has 0 bridgehead atoms. The summed E-state index contributed by atoms with van der Waals surface area (Å²) >= 11 is 2.77. The zero-order valence-electron chi connectivity index (χ0n) is 73.5. The second-order valence-corrected chi connectivity index (χ2v) is 43.3. The Morgan fingerprint density at radius 1 is 0.598 bits per heavy atom. The normalized spacial score (nSPS) is 24.2. The number of aryl methyl sites for hydroxylation is 2. The lowest BCUT2D eigenvalue weighted by Gasteiger charge is -2.32. The molecule has 127 heavy (non-hydrogen) atoms. The molecule has 8 N–H and O–H groups in total. The third-order valence-corrected chi connectivity index (χ3v) is 32.6. The van der Waals surface area contributed by atoms with Gasteiger partial charge >= 0.3 is 30.3 Å². The van der Waals surface area contributed by atoms with Crippen LogP contribution in [0.15, 0.2) is 125 Å². The van der Waals surface area contributed by atoms with Gasteiger partial charge in [0.25, 0.3) is 0 Å². The number of methoxy groups -OCH3 is 2. The topological polar surface area (TPSA) is 355 Å². The highest BCUT2D eigenvalue weighted by Gasteiger charge is 2.55. The smallest absolute Gasteiger partial charge is 0.416 e. The van der Waals surface area contributed by atoms with Crippen molar-refractivity contribution in [1.29, 1.82) is 0 Å². The van der Waals surface area contributed by atoms with E-state index in [4.69, 9.17) is 42.6 Å². The molecule has 5 aromatic carbocycles. The minimum absolute atomic E-state index is 0.00905. The Morgan fingerprint density at radius 3 is 1.56 bits per heavy atom. The van der Waals surface area contributed by atoms with Crippen LogP contribution < -0.4 is 30.7 Å². The van der Waals surface area contributed by atoms with E-state index in [2.05, 4.69) is 35.1 Å². The first-order valence-electron chi connectivity index (χ1n) is 43.5. The van der Waals surface area contributed by atoms with Gasteiger partial charge in [-0.25, -0.2) is 36.0 Å². The van der Waals surface area contributed by atoms with Gasteiger partial charge in [0.05, 0.1) is 115 Å². The Bertz CT molecular complexity index is 5350. The number of ether oxygens (including phenoxy) is 9. The quantitative estimate of drug-likeness (QED) is 0.0135. The van der Waals surface area contributed by atoms with E-state index in [9.17, 15) is 43.2 Å². The van der Waals surface area contributed by atoms with Crippen molar-refractivity contribution in [2.24, 2.45) is 28.6 Å². The number of anilines is 2. The maximum atomic E-state index is 15.6. The van der Waals surface area contributed by atoms with Gasteiger partial charge in [-0.3, -0.25) is 0 Å². The summed E-state index contributed by atoms with van der Waals surface area (Å²) in [6.07, 6.45) is -5.92. The van der Waals surface area contributed by atoms with Crippen LogP contribution in [0.1, 0.15) is 182 Å². The molecule has 1 saturated carbocycles.